The maximum atomic E-state index is 6.83. The van der Waals surface area contributed by atoms with Crippen molar-refractivity contribution in [2.24, 2.45) is 5.92 Å². The van der Waals surface area contributed by atoms with Crippen LogP contribution in [-0.2, 0) is 5.60 Å². The van der Waals surface area contributed by atoms with E-state index in [2.05, 4.69) is 43.7 Å². The topological polar surface area (TPSA) is 91.5 Å². The Morgan fingerprint density at radius 3 is 2.77 bits per heavy atom. The third-order valence-electron chi connectivity index (χ3n) is 6.19. The molecule has 1 aliphatic heterocycles. The molecule has 2 atom stereocenters. The fourth-order valence-corrected chi connectivity index (χ4v) is 4.65. The number of nitrogens with zero attached hydrogens (tertiary/aromatic N) is 3. The van der Waals surface area contributed by atoms with Gasteiger partial charge in [0.05, 0.1) is 11.2 Å². The molecular weight excluding hydrogens is 376 g/mol. The van der Waals surface area contributed by atoms with Gasteiger partial charge in [0.25, 0.3) is 0 Å². The normalized spacial score (nSPS) is 18.9. The highest BCUT2D eigenvalue weighted by Crippen LogP contribution is 2.43. The Morgan fingerprint density at radius 2 is 2.03 bits per heavy atom. The van der Waals surface area contributed by atoms with Gasteiger partial charge < -0.3 is 10.1 Å². The molecule has 3 N–H and O–H groups in total. The van der Waals surface area contributed by atoms with Gasteiger partial charge in [0.1, 0.15) is 12.1 Å². The zero-order valence-electron chi connectivity index (χ0n) is 17.1. The quantitative estimate of drug-likeness (QED) is 0.453. The predicted octanol–water partition coefficient (Wildman–Crippen LogP) is 4.03. The second kappa shape index (κ2) is 7.91. The number of para-hydroxylation sites is 1. The molecule has 0 amide bonds. The molecule has 7 heteroatoms. The summed E-state index contributed by atoms with van der Waals surface area (Å²) in [7, 11) is 0. The molecule has 0 aliphatic carbocycles. The zero-order valence-corrected chi connectivity index (χ0v) is 17.1. The van der Waals surface area contributed by atoms with Crippen molar-refractivity contribution < 1.29 is 4.74 Å². The van der Waals surface area contributed by atoms with Crippen molar-refractivity contribution >= 4 is 10.9 Å². The lowest BCUT2D eigenvalue weighted by Crippen LogP contribution is -2.48. The molecule has 2 unspecified atom stereocenters. The van der Waals surface area contributed by atoms with Crippen LogP contribution in [0.3, 0.4) is 0 Å². The van der Waals surface area contributed by atoms with E-state index in [4.69, 9.17) is 4.74 Å². The predicted molar refractivity (Wildman–Crippen MR) is 116 cm³/mol. The van der Waals surface area contributed by atoms with E-state index in [1.54, 1.807) is 0 Å². The van der Waals surface area contributed by atoms with Crippen molar-refractivity contribution in [1.82, 2.24) is 30.7 Å². The lowest BCUT2D eigenvalue weighted by molar-refractivity contribution is -0.0139. The molecule has 4 aromatic rings. The van der Waals surface area contributed by atoms with E-state index in [0.717, 1.165) is 66.1 Å². The van der Waals surface area contributed by atoms with Gasteiger partial charge in [0.2, 0.25) is 0 Å². The van der Waals surface area contributed by atoms with E-state index in [1.165, 1.54) is 6.33 Å². The fraction of sp³-hybridized carbons (Fsp3) is 0.348. The summed E-state index contributed by atoms with van der Waals surface area (Å²) in [4.78, 5) is 4.31. The number of piperidine rings is 1. The van der Waals surface area contributed by atoms with Crippen molar-refractivity contribution in [3.63, 3.8) is 0 Å². The van der Waals surface area contributed by atoms with Crippen molar-refractivity contribution in [1.29, 1.82) is 0 Å². The molecule has 0 saturated carbocycles. The van der Waals surface area contributed by atoms with Crippen molar-refractivity contribution in [2.75, 3.05) is 13.1 Å². The Morgan fingerprint density at radius 1 is 1.13 bits per heavy atom. The van der Waals surface area contributed by atoms with E-state index >= 15 is 0 Å². The number of hydrogen-bond donors (Lipinski definition) is 3. The number of ether oxygens (including phenoxy) is 1. The fourth-order valence-electron chi connectivity index (χ4n) is 4.65. The summed E-state index contributed by atoms with van der Waals surface area (Å²) in [5, 5.41) is 19.5. The van der Waals surface area contributed by atoms with Crippen LogP contribution in [0.5, 0.6) is 5.75 Å². The lowest BCUT2D eigenvalue weighted by atomic mass is 9.76. The Kier molecular flexibility index (Phi) is 4.96. The van der Waals surface area contributed by atoms with Crippen LogP contribution in [0.15, 0.2) is 54.9 Å². The van der Waals surface area contributed by atoms with Gasteiger partial charge in [-0.3, -0.25) is 10.2 Å². The summed E-state index contributed by atoms with van der Waals surface area (Å²) in [5.41, 5.74) is 2.42. The first-order chi connectivity index (χ1) is 14.8. The molecular formula is C23H26N6O. The molecule has 0 radical (unpaired) electrons. The Balaban J connectivity index is 1.66. The molecule has 0 spiro atoms. The highest BCUT2D eigenvalue weighted by molar-refractivity contribution is 5.86. The molecule has 5 rings (SSSR count). The highest BCUT2D eigenvalue weighted by Gasteiger charge is 2.44. The molecule has 1 aliphatic rings. The maximum absolute atomic E-state index is 6.83. The summed E-state index contributed by atoms with van der Waals surface area (Å²) < 4.78 is 6.83. The lowest BCUT2D eigenvalue weighted by Gasteiger charge is -2.42. The van der Waals surface area contributed by atoms with Gasteiger partial charge in [-0.2, -0.15) is 10.2 Å². The molecule has 30 heavy (non-hydrogen) atoms. The number of hydrogen-bond acceptors (Lipinski definition) is 5. The zero-order chi connectivity index (χ0) is 20.4. The third kappa shape index (κ3) is 3.25. The first-order valence-corrected chi connectivity index (χ1v) is 10.6. The number of aromatic nitrogens is 5. The highest BCUT2D eigenvalue weighted by atomic mass is 16.5. The number of rotatable bonds is 6. The summed E-state index contributed by atoms with van der Waals surface area (Å²) in [6, 6.07) is 16.3. The van der Waals surface area contributed by atoms with Gasteiger partial charge in [-0.25, -0.2) is 4.98 Å². The maximum Gasteiger partial charge on any atom is 0.155 e. The van der Waals surface area contributed by atoms with Crippen LogP contribution in [0.2, 0.25) is 0 Å². The average Bonchev–Trinajstić information content (AvgIpc) is 3.49. The number of fused-ring (bicyclic) bond motifs is 1. The summed E-state index contributed by atoms with van der Waals surface area (Å²) in [5.74, 6) is 1.95. The van der Waals surface area contributed by atoms with Crippen LogP contribution in [0.4, 0.5) is 0 Å². The minimum atomic E-state index is -0.510. The third-order valence-corrected chi connectivity index (χ3v) is 6.19. The number of benzene rings is 2. The largest absolute Gasteiger partial charge is 0.481 e. The molecule has 2 aromatic carbocycles. The molecule has 2 aromatic heterocycles. The van der Waals surface area contributed by atoms with Crippen LogP contribution in [0.1, 0.15) is 31.9 Å². The van der Waals surface area contributed by atoms with E-state index in [9.17, 15) is 0 Å². The minimum Gasteiger partial charge on any atom is -0.481 e. The smallest absolute Gasteiger partial charge is 0.155 e. The van der Waals surface area contributed by atoms with E-state index in [1.807, 2.05) is 42.5 Å². The molecule has 3 heterocycles. The Bertz CT molecular complexity index is 1100. The minimum absolute atomic E-state index is 0.328. The van der Waals surface area contributed by atoms with Crippen LogP contribution in [-0.4, -0.2) is 38.5 Å². The van der Waals surface area contributed by atoms with Gasteiger partial charge in [-0.1, -0.05) is 25.1 Å². The number of H-pyrrole nitrogens is 2. The van der Waals surface area contributed by atoms with Gasteiger partial charge in [0.15, 0.2) is 11.4 Å². The molecule has 1 saturated heterocycles. The second-order valence-electron chi connectivity index (χ2n) is 7.87. The first kappa shape index (κ1) is 18.8. The Labute approximate surface area is 175 Å². The van der Waals surface area contributed by atoms with Crippen LogP contribution in [0.25, 0.3) is 22.3 Å². The van der Waals surface area contributed by atoms with Gasteiger partial charge in [-0.05, 0) is 56.1 Å². The summed E-state index contributed by atoms with van der Waals surface area (Å²) in [6.07, 6.45) is 4.60. The first-order valence-electron chi connectivity index (χ1n) is 10.6. The van der Waals surface area contributed by atoms with E-state index in [0.29, 0.717) is 5.92 Å². The summed E-state index contributed by atoms with van der Waals surface area (Å²) >= 11 is 0. The number of nitrogens with one attached hydrogen (secondary N) is 3. The van der Waals surface area contributed by atoms with E-state index < -0.39 is 5.60 Å². The van der Waals surface area contributed by atoms with Crippen LogP contribution < -0.4 is 10.1 Å². The molecule has 1 fully saturated rings. The van der Waals surface area contributed by atoms with Gasteiger partial charge in [0, 0.05) is 23.4 Å². The van der Waals surface area contributed by atoms with Gasteiger partial charge >= 0.3 is 0 Å². The molecule has 7 nitrogen and oxygen atoms in total. The second-order valence-corrected chi connectivity index (χ2v) is 7.87. The summed E-state index contributed by atoms with van der Waals surface area (Å²) in [6.45, 7) is 4.18. The standard InChI is InChI=1S/C23H26N6O/c1-2-23(17-7-6-12-24-14-17,30-18-8-4-3-5-9-18)21-19-13-16(22-25-15-26-29-22)10-11-20(19)27-28-21/h3-5,8-11,13,15,17,24H,2,6-7,12,14H2,1H3,(H,27,28)(H,25,26,29). The van der Waals surface area contributed by atoms with Gasteiger partial charge in [-0.15, -0.1) is 0 Å². The number of aromatic amines is 2. The van der Waals surface area contributed by atoms with Crippen molar-refractivity contribution in [2.45, 2.75) is 31.8 Å². The molecule has 0 bridgehead atoms. The average molecular weight is 403 g/mol. The van der Waals surface area contributed by atoms with Crippen LogP contribution in [0, 0.1) is 5.92 Å². The molecule has 154 valence electrons. The van der Waals surface area contributed by atoms with Crippen molar-refractivity contribution in [3.8, 4) is 17.1 Å². The monoisotopic (exact) mass is 402 g/mol. The van der Waals surface area contributed by atoms with Crippen molar-refractivity contribution in [3.05, 3.63) is 60.6 Å². The van der Waals surface area contributed by atoms with Crippen LogP contribution >= 0.6 is 0 Å². The van der Waals surface area contributed by atoms with E-state index in [-0.39, 0.29) is 0 Å². The SMILES string of the molecule is CCC(Oc1ccccc1)(c1[nH]nc2ccc(-c3ncn[nH]3)cc12)C1CCCNC1. The Hall–Kier alpha value is -3.19.